The van der Waals surface area contributed by atoms with Crippen LogP contribution in [0, 0.1) is 17.6 Å². The molecule has 1 aliphatic carbocycles. The van der Waals surface area contributed by atoms with E-state index in [1.807, 2.05) is 0 Å². The van der Waals surface area contributed by atoms with Crippen LogP contribution < -0.4 is 0 Å². The molecule has 1 N–H and O–H groups in total. The summed E-state index contributed by atoms with van der Waals surface area (Å²) in [6, 6.07) is 3.55. The van der Waals surface area contributed by atoms with Gasteiger partial charge in [0.25, 0.3) is 0 Å². The summed E-state index contributed by atoms with van der Waals surface area (Å²) in [6.45, 7) is 0. The Morgan fingerprint density at radius 1 is 1.28 bits per heavy atom. The van der Waals surface area contributed by atoms with Gasteiger partial charge in [0.2, 0.25) is 0 Å². The summed E-state index contributed by atoms with van der Waals surface area (Å²) in [5.74, 6) is -0.0194. The van der Waals surface area contributed by atoms with Crippen LogP contribution in [0.4, 0.5) is 8.78 Å². The van der Waals surface area contributed by atoms with Gasteiger partial charge in [-0.25, -0.2) is 8.78 Å². The van der Waals surface area contributed by atoms with E-state index in [-0.39, 0.29) is 0 Å². The molecule has 0 aliphatic heterocycles. The van der Waals surface area contributed by atoms with Crippen molar-refractivity contribution in [3.63, 3.8) is 0 Å². The van der Waals surface area contributed by atoms with Gasteiger partial charge in [0.05, 0.1) is 6.10 Å². The molecule has 4 heteroatoms. The summed E-state index contributed by atoms with van der Waals surface area (Å²) in [6.07, 6.45) is 5.33. The number of benzene rings is 1. The Kier molecular flexibility index (Phi) is 5.01. The van der Waals surface area contributed by atoms with Crippen LogP contribution in [0.1, 0.15) is 32.1 Å². The van der Waals surface area contributed by atoms with Gasteiger partial charge in [-0.3, -0.25) is 0 Å². The molecular formula is C14H18F2OS. The summed E-state index contributed by atoms with van der Waals surface area (Å²) in [5, 5.41) is 9.90. The minimum absolute atomic E-state index is 0.400. The Morgan fingerprint density at radius 3 is 2.67 bits per heavy atom. The Morgan fingerprint density at radius 2 is 2.00 bits per heavy atom. The van der Waals surface area contributed by atoms with Gasteiger partial charge in [-0.05, 0) is 24.5 Å². The fraction of sp³-hybridized carbons (Fsp3) is 0.571. The lowest BCUT2D eigenvalue weighted by Crippen LogP contribution is -2.14. The molecule has 0 spiro atoms. The van der Waals surface area contributed by atoms with Crippen LogP contribution in [0.25, 0.3) is 0 Å². The molecule has 2 rings (SSSR count). The van der Waals surface area contributed by atoms with Crippen LogP contribution in [0.5, 0.6) is 0 Å². The molecule has 1 unspecified atom stereocenters. The molecule has 0 aromatic heterocycles. The van der Waals surface area contributed by atoms with Gasteiger partial charge in [0, 0.05) is 16.7 Å². The molecule has 0 radical (unpaired) electrons. The lowest BCUT2D eigenvalue weighted by molar-refractivity contribution is 0.165. The first-order chi connectivity index (χ1) is 8.65. The zero-order valence-electron chi connectivity index (χ0n) is 10.2. The fourth-order valence-corrected chi connectivity index (χ4v) is 3.35. The minimum Gasteiger partial charge on any atom is -0.392 e. The van der Waals surface area contributed by atoms with Crippen LogP contribution in [0.2, 0.25) is 0 Å². The van der Waals surface area contributed by atoms with E-state index in [0.717, 1.165) is 12.5 Å². The van der Waals surface area contributed by atoms with E-state index in [2.05, 4.69) is 0 Å². The highest BCUT2D eigenvalue weighted by Crippen LogP contribution is 2.30. The number of hydrogen-bond donors (Lipinski definition) is 1. The van der Waals surface area contributed by atoms with E-state index < -0.39 is 17.7 Å². The van der Waals surface area contributed by atoms with Crippen molar-refractivity contribution >= 4 is 11.8 Å². The molecule has 0 heterocycles. The van der Waals surface area contributed by atoms with Gasteiger partial charge in [0.15, 0.2) is 0 Å². The van der Waals surface area contributed by atoms with Gasteiger partial charge in [-0.2, -0.15) is 0 Å². The third kappa shape index (κ3) is 3.95. The van der Waals surface area contributed by atoms with E-state index in [9.17, 15) is 13.9 Å². The zero-order chi connectivity index (χ0) is 13.0. The quantitative estimate of drug-likeness (QED) is 0.818. The molecule has 1 aliphatic rings. The van der Waals surface area contributed by atoms with Gasteiger partial charge in [-0.15, -0.1) is 11.8 Å². The van der Waals surface area contributed by atoms with Crippen molar-refractivity contribution in [1.82, 2.24) is 0 Å². The lowest BCUT2D eigenvalue weighted by atomic mass is 10.0. The predicted octanol–water partition coefficient (Wildman–Crippen LogP) is 4.00. The summed E-state index contributed by atoms with van der Waals surface area (Å²) >= 11 is 1.26. The summed E-state index contributed by atoms with van der Waals surface area (Å²) < 4.78 is 26.1. The number of hydrogen-bond acceptors (Lipinski definition) is 2. The molecule has 0 amide bonds. The first-order valence-corrected chi connectivity index (χ1v) is 7.39. The molecule has 0 bridgehead atoms. The standard InChI is InChI=1S/C14H18F2OS/c15-11-5-6-14(13(16)8-11)18-9-12(17)7-10-3-1-2-4-10/h5-6,8,10,12,17H,1-4,7,9H2. The molecule has 18 heavy (non-hydrogen) atoms. The predicted molar refractivity (Wildman–Crippen MR) is 69.7 cm³/mol. The van der Waals surface area contributed by atoms with Gasteiger partial charge >= 0.3 is 0 Å². The average molecular weight is 272 g/mol. The Labute approximate surface area is 111 Å². The molecule has 1 atom stereocenters. The third-order valence-corrected chi connectivity index (χ3v) is 4.60. The highest BCUT2D eigenvalue weighted by atomic mass is 32.2. The maximum absolute atomic E-state index is 13.4. The monoisotopic (exact) mass is 272 g/mol. The second-order valence-corrected chi connectivity index (χ2v) is 5.99. The molecule has 1 aromatic rings. The summed E-state index contributed by atoms with van der Waals surface area (Å²) in [7, 11) is 0. The molecule has 100 valence electrons. The molecule has 1 nitrogen and oxygen atoms in total. The highest BCUT2D eigenvalue weighted by Gasteiger charge is 2.19. The van der Waals surface area contributed by atoms with E-state index >= 15 is 0 Å². The average Bonchev–Trinajstić information content (AvgIpc) is 2.80. The van der Waals surface area contributed by atoms with Crippen LogP contribution in [0.15, 0.2) is 23.1 Å². The van der Waals surface area contributed by atoms with Crippen molar-refractivity contribution in [2.24, 2.45) is 5.92 Å². The molecule has 1 fully saturated rings. The summed E-state index contributed by atoms with van der Waals surface area (Å²) in [5.41, 5.74) is 0. The maximum Gasteiger partial charge on any atom is 0.139 e. The first-order valence-electron chi connectivity index (χ1n) is 6.41. The van der Waals surface area contributed by atoms with Crippen molar-refractivity contribution in [1.29, 1.82) is 0 Å². The largest absolute Gasteiger partial charge is 0.392 e. The van der Waals surface area contributed by atoms with Crippen LogP contribution in [-0.4, -0.2) is 17.0 Å². The Hall–Kier alpha value is -0.610. The number of rotatable bonds is 5. The second kappa shape index (κ2) is 6.53. The number of halogens is 2. The Balaban J connectivity index is 1.79. The molecule has 1 saturated carbocycles. The normalized spacial score (nSPS) is 18.2. The SMILES string of the molecule is OC(CSc1ccc(F)cc1F)CC1CCCC1. The first kappa shape index (κ1) is 13.8. The minimum atomic E-state index is -0.566. The van der Waals surface area contributed by atoms with Crippen LogP contribution >= 0.6 is 11.8 Å². The number of aliphatic hydroxyl groups excluding tert-OH is 1. The summed E-state index contributed by atoms with van der Waals surface area (Å²) in [4.78, 5) is 0.405. The van der Waals surface area contributed by atoms with E-state index in [0.29, 0.717) is 16.6 Å². The van der Waals surface area contributed by atoms with E-state index in [1.165, 1.54) is 49.6 Å². The lowest BCUT2D eigenvalue weighted by Gasteiger charge is -2.15. The van der Waals surface area contributed by atoms with Crippen molar-refractivity contribution in [2.45, 2.75) is 43.1 Å². The van der Waals surface area contributed by atoms with E-state index in [4.69, 9.17) is 0 Å². The number of aliphatic hydroxyl groups is 1. The van der Waals surface area contributed by atoms with Crippen molar-refractivity contribution in [3.05, 3.63) is 29.8 Å². The molecule has 0 saturated heterocycles. The molecular weight excluding hydrogens is 254 g/mol. The van der Waals surface area contributed by atoms with Gasteiger partial charge in [-0.1, -0.05) is 25.7 Å². The maximum atomic E-state index is 13.4. The van der Waals surface area contributed by atoms with Crippen LogP contribution in [0.3, 0.4) is 0 Å². The molecule has 1 aromatic carbocycles. The smallest absolute Gasteiger partial charge is 0.139 e. The Bertz CT molecular complexity index is 391. The second-order valence-electron chi connectivity index (χ2n) is 4.93. The van der Waals surface area contributed by atoms with Crippen molar-refractivity contribution in [2.75, 3.05) is 5.75 Å². The van der Waals surface area contributed by atoms with Gasteiger partial charge in [0.1, 0.15) is 11.6 Å². The fourth-order valence-electron chi connectivity index (χ4n) is 2.48. The van der Waals surface area contributed by atoms with Crippen LogP contribution in [-0.2, 0) is 0 Å². The van der Waals surface area contributed by atoms with E-state index in [1.54, 1.807) is 0 Å². The number of thioether (sulfide) groups is 1. The topological polar surface area (TPSA) is 20.2 Å². The van der Waals surface area contributed by atoms with Crippen molar-refractivity contribution < 1.29 is 13.9 Å². The highest BCUT2D eigenvalue weighted by molar-refractivity contribution is 7.99. The van der Waals surface area contributed by atoms with Crippen molar-refractivity contribution in [3.8, 4) is 0 Å². The third-order valence-electron chi connectivity index (χ3n) is 3.41. The van der Waals surface area contributed by atoms with Gasteiger partial charge < -0.3 is 5.11 Å². The zero-order valence-corrected chi connectivity index (χ0v) is 11.1.